The minimum atomic E-state index is -0.298. The van der Waals surface area contributed by atoms with Crippen molar-refractivity contribution in [1.29, 1.82) is 0 Å². The molecule has 5 nitrogen and oxygen atoms in total. The number of aliphatic hydroxyl groups is 1. The van der Waals surface area contributed by atoms with Crippen LogP contribution < -0.4 is 16.0 Å². The zero-order valence-electron chi connectivity index (χ0n) is 12.8. The third-order valence-electron chi connectivity index (χ3n) is 4.14. The van der Waals surface area contributed by atoms with Gasteiger partial charge in [-0.2, -0.15) is 0 Å². The average Bonchev–Trinajstić information content (AvgIpc) is 2.45. The summed E-state index contributed by atoms with van der Waals surface area (Å²) in [4.78, 5) is 14.3. The van der Waals surface area contributed by atoms with Gasteiger partial charge >= 0.3 is 0 Å². The van der Waals surface area contributed by atoms with Crippen molar-refractivity contribution < 1.29 is 9.90 Å². The van der Waals surface area contributed by atoms with Crippen LogP contribution in [0.3, 0.4) is 0 Å². The van der Waals surface area contributed by atoms with Crippen LogP contribution >= 0.6 is 0 Å². The molecule has 1 aliphatic rings. The summed E-state index contributed by atoms with van der Waals surface area (Å²) in [5.41, 5.74) is 7.77. The number of nitrogens with zero attached hydrogens (tertiary/aromatic N) is 1. The van der Waals surface area contributed by atoms with Gasteiger partial charge in [-0.05, 0) is 31.0 Å². The molecule has 0 heterocycles. The number of rotatable bonds is 4. The van der Waals surface area contributed by atoms with Crippen molar-refractivity contribution in [2.75, 3.05) is 31.3 Å². The molecule has 21 heavy (non-hydrogen) atoms. The largest absolute Gasteiger partial charge is 0.399 e. The van der Waals surface area contributed by atoms with Crippen LogP contribution in [0.1, 0.15) is 36.0 Å². The Kier molecular flexibility index (Phi) is 5.07. The molecule has 116 valence electrons. The van der Waals surface area contributed by atoms with E-state index >= 15 is 0 Å². The maximum Gasteiger partial charge on any atom is 0.253 e. The molecule has 1 aliphatic carbocycles. The van der Waals surface area contributed by atoms with Gasteiger partial charge in [0, 0.05) is 37.9 Å². The standard InChI is InChI=1S/C16H25N3O2/c1-19(2)14-8-7-12(17)9-13(14)16(21)18-10-11-5-3-4-6-15(11)20/h7-9,11,15,20H,3-6,10,17H2,1-2H3,(H,18,21). The van der Waals surface area contributed by atoms with Gasteiger partial charge in [0.25, 0.3) is 5.91 Å². The number of aliphatic hydroxyl groups excluding tert-OH is 1. The van der Waals surface area contributed by atoms with Crippen LogP contribution in [0.25, 0.3) is 0 Å². The maximum atomic E-state index is 12.4. The molecule has 4 N–H and O–H groups in total. The lowest BCUT2D eigenvalue weighted by molar-refractivity contribution is 0.0663. The van der Waals surface area contributed by atoms with Gasteiger partial charge in [0.05, 0.1) is 11.7 Å². The van der Waals surface area contributed by atoms with Gasteiger partial charge in [-0.15, -0.1) is 0 Å². The molecule has 0 radical (unpaired) electrons. The maximum absolute atomic E-state index is 12.4. The van der Waals surface area contributed by atoms with E-state index in [4.69, 9.17) is 5.73 Å². The van der Waals surface area contributed by atoms with Gasteiger partial charge in [0.15, 0.2) is 0 Å². The molecule has 0 spiro atoms. The van der Waals surface area contributed by atoms with E-state index < -0.39 is 0 Å². The highest BCUT2D eigenvalue weighted by molar-refractivity contribution is 6.00. The number of hydrogen-bond donors (Lipinski definition) is 3. The Bertz CT molecular complexity index is 502. The first-order valence-electron chi connectivity index (χ1n) is 7.52. The predicted octanol–water partition coefficient (Wildman–Crippen LogP) is 1.62. The second-order valence-electron chi connectivity index (χ2n) is 5.99. The monoisotopic (exact) mass is 291 g/mol. The zero-order chi connectivity index (χ0) is 15.4. The van der Waals surface area contributed by atoms with Gasteiger partial charge in [-0.25, -0.2) is 0 Å². The number of carbonyl (C=O) groups is 1. The fraction of sp³-hybridized carbons (Fsp3) is 0.562. The van der Waals surface area contributed by atoms with Crippen LogP contribution in [0, 0.1) is 5.92 Å². The van der Waals surface area contributed by atoms with Crippen molar-refractivity contribution in [2.24, 2.45) is 5.92 Å². The van der Waals surface area contributed by atoms with E-state index in [1.807, 2.05) is 25.1 Å². The average molecular weight is 291 g/mol. The van der Waals surface area contributed by atoms with Crippen LogP contribution in [0.15, 0.2) is 18.2 Å². The number of anilines is 2. The summed E-state index contributed by atoms with van der Waals surface area (Å²) in [6.45, 7) is 0.516. The van der Waals surface area contributed by atoms with Gasteiger partial charge < -0.3 is 21.1 Å². The highest BCUT2D eigenvalue weighted by Crippen LogP contribution is 2.25. The molecule has 0 aromatic heterocycles. The van der Waals surface area contributed by atoms with E-state index in [9.17, 15) is 9.90 Å². The fourth-order valence-corrected chi connectivity index (χ4v) is 2.87. The quantitative estimate of drug-likeness (QED) is 0.737. The molecule has 5 heteroatoms. The summed E-state index contributed by atoms with van der Waals surface area (Å²) < 4.78 is 0. The minimum absolute atomic E-state index is 0.135. The van der Waals surface area contributed by atoms with Crippen LogP contribution in [0.4, 0.5) is 11.4 Å². The van der Waals surface area contributed by atoms with Crippen molar-refractivity contribution in [3.8, 4) is 0 Å². The predicted molar refractivity (Wildman–Crippen MR) is 85.5 cm³/mol. The summed E-state index contributed by atoms with van der Waals surface area (Å²) >= 11 is 0. The van der Waals surface area contributed by atoms with Crippen molar-refractivity contribution in [3.05, 3.63) is 23.8 Å². The molecule has 1 aromatic carbocycles. The number of carbonyl (C=O) groups excluding carboxylic acids is 1. The number of benzene rings is 1. The Morgan fingerprint density at radius 1 is 1.38 bits per heavy atom. The van der Waals surface area contributed by atoms with Crippen molar-refractivity contribution in [3.63, 3.8) is 0 Å². The highest BCUT2D eigenvalue weighted by atomic mass is 16.3. The van der Waals surface area contributed by atoms with Gasteiger partial charge in [0.1, 0.15) is 0 Å². The molecule has 2 rings (SSSR count). The van der Waals surface area contributed by atoms with E-state index in [1.165, 1.54) is 0 Å². The second kappa shape index (κ2) is 6.80. The van der Waals surface area contributed by atoms with Crippen molar-refractivity contribution in [1.82, 2.24) is 5.32 Å². The van der Waals surface area contributed by atoms with E-state index in [-0.39, 0.29) is 17.9 Å². The third kappa shape index (κ3) is 3.88. The molecule has 2 unspecified atom stereocenters. The first-order chi connectivity index (χ1) is 9.99. The third-order valence-corrected chi connectivity index (χ3v) is 4.14. The Labute approximate surface area is 126 Å². The molecule has 1 aromatic rings. The number of nitrogens with one attached hydrogen (secondary N) is 1. The molecule has 1 fully saturated rings. The van der Waals surface area contributed by atoms with Gasteiger partial charge in [-0.1, -0.05) is 12.8 Å². The summed E-state index contributed by atoms with van der Waals surface area (Å²) in [6.07, 6.45) is 3.71. The van der Waals surface area contributed by atoms with E-state index in [1.54, 1.807) is 12.1 Å². The van der Waals surface area contributed by atoms with E-state index in [0.717, 1.165) is 31.4 Å². The van der Waals surface area contributed by atoms with Gasteiger partial charge in [0.2, 0.25) is 0 Å². The van der Waals surface area contributed by atoms with Crippen molar-refractivity contribution in [2.45, 2.75) is 31.8 Å². The molecule has 0 bridgehead atoms. The molecular formula is C16H25N3O2. The van der Waals surface area contributed by atoms with E-state index in [2.05, 4.69) is 5.32 Å². The van der Waals surface area contributed by atoms with Crippen LogP contribution in [-0.2, 0) is 0 Å². The first-order valence-corrected chi connectivity index (χ1v) is 7.52. The first kappa shape index (κ1) is 15.6. The zero-order valence-corrected chi connectivity index (χ0v) is 12.8. The number of amides is 1. The second-order valence-corrected chi connectivity index (χ2v) is 5.99. The Hall–Kier alpha value is -1.75. The lowest BCUT2D eigenvalue weighted by Crippen LogP contribution is -2.37. The summed E-state index contributed by atoms with van der Waals surface area (Å²) in [5.74, 6) is 0.0235. The molecule has 0 saturated heterocycles. The lowest BCUT2D eigenvalue weighted by Gasteiger charge is -2.28. The summed E-state index contributed by atoms with van der Waals surface area (Å²) in [6, 6.07) is 5.33. The summed E-state index contributed by atoms with van der Waals surface area (Å²) in [5, 5.41) is 12.9. The number of nitrogens with two attached hydrogens (primary N) is 1. The highest BCUT2D eigenvalue weighted by Gasteiger charge is 2.24. The molecule has 1 saturated carbocycles. The van der Waals surface area contributed by atoms with E-state index in [0.29, 0.717) is 17.8 Å². The normalized spacial score (nSPS) is 21.9. The van der Waals surface area contributed by atoms with Gasteiger partial charge in [-0.3, -0.25) is 4.79 Å². The minimum Gasteiger partial charge on any atom is -0.399 e. The Balaban J connectivity index is 2.04. The molecule has 0 aliphatic heterocycles. The van der Waals surface area contributed by atoms with Crippen LogP contribution in [0.2, 0.25) is 0 Å². The smallest absolute Gasteiger partial charge is 0.253 e. The Morgan fingerprint density at radius 3 is 2.76 bits per heavy atom. The molecule has 1 amide bonds. The topological polar surface area (TPSA) is 78.6 Å². The molecular weight excluding hydrogens is 266 g/mol. The SMILES string of the molecule is CN(C)c1ccc(N)cc1C(=O)NCC1CCCCC1O. The summed E-state index contributed by atoms with van der Waals surface area (Å²) in [7, 11) is 3.79. The van der Waals surface area contributed by atoms with Crippen LogP contribution in [0.5, 0.6) is 0 Å². The number of hydrogen-bond acceptors (Lipinski definition) is 4. The van der Waals surface area contributed by atoms with Crippen molar-refractivity contribution >= 4 is 17.3 Å². The Morgan fingerprint density at radius 2 is 2.10 bits per heavy atom. The van der Waals surface area contributed by atoms with Crippen LogP contribution in [-0.4, -0.2) is 37.8 Å². The molecule has 2 atom stereocenters. The number of nitrogen functional groups attached to an aromatic ring is 1. The lowest BCUT2D eigenvalue weighted by atomic mass is 9.86. The fourth-order valence-electron chi connectivity index (χ4n) is 2.87.